The summed E-state index contributed by atoms with van der Waals surface area (Å²) in [6.07, 6.45) is 0. The Bertz CT molecular complexity index is 562. The summed E-state index contributed by atoms with van der Waals surface area (Å²) in [4.78, 5) is 28.6. The van der Waals surface area contributed by atoms with Gasteiger partial charge in [0.15, 0.2) is 0 Å². The van der Waals surface area contributed by atoms with Crippen molar-refractivity contribution in [3.8, 4) is 0 Å². The maximum Gasteiger partial charge on any atom is 0.254 e. The predicted octanol–water partition coefficient (Wildman–Crippen LogP) is 4.67. The zero-order valence-corrected chi connectivity index (χ0v) is 18.4. The van der Waals surface area contributed by atoms with Crippen molar-refractivity contribution in [3.05, 3.63) is 32.2 Å². The van der Waals surface area contributed by atoms with Crippen molar-refractivity contribution in [2.24, 2.45) is 11.8 Å². The molecule has 1 rings (SSSR count). The van der Waals surface area contributed by atoms with Crippen LogP contribution in [0.5, 0.6) is 0 Å². The largest absolute Gasteiger partial charge is 0.341 e. The van der Waals surface area contributed by atoms with E-state index in [4.69, 9.17) is 0 Å². The van der Waals surface area contributed by atoms with Crippen LogP contribution in [0.1, 0.15) is 48.4 Å². The Morgan fingerprint density at radius 2 is 1.12 bits per heavy atom. The van der Waals surface area contributed by atoms with Gasteiger partial charge in [0.25, 0.3) is 11.8 Å². The fourth-order valence-corrected chi connectivity index (χ4v) is 3.57. The van der Waals surface area contributed by atoms with E-state index in [-0.39, 0.29) is 11.8 Å². The molecule has 0 bridgehead atoms. The first kappa shape index (κ1) is 21.2. The maximum absolute atomic E-state index is 12.6. The molecule has 0 aliphatic rings. The minimum atomic E-state index is -0.0641. The van der Waals surface area contributed by atoms with Crippen molar-refractivity contribution in [2.75, 3.05) is 27.2 Å². The zero-order valence-electron chi connectivity index (χ0n) is 15.2. The Morgan fingerprint density at radius 1 is 0.833 bits per heavy atom. The highest BCUT2D eigenvalue weighted by atomic mass is 79.9. The van der Waals surface area contributed by atoms with Gasteiger partial charge in [-0.3, -0.25) is 9.59 Å². The van der Waals surface area contributed by atoms with E-state index in [0.29, 0.717) is 45.0 Å². The molecule has 24 heavy (non-hydrogen) atoms. The molecule has 0 radical (unpaired) electrons. The molecule has 0 unspecified atom stereocenters. The standard InChI is InChI=1S/C18H26Br2N2O2/c1-11(2)9-21(5)17(23)13-7-16(20)14(8-15(13)19)18(24)22(6)10-12(3)4/h7-8,11-12H,9-10H2,1-6H3. The van der Waals surface area contributed by atoms with Crippen molar-refractivity contribution in [2.45, 2.75) is 27.7 Å². The molecule has 0 saturated carbocycles. The molecule has 0 saturated heterocycles. The number of hydrogen-bond acceptors (Lipinski definition) is 2. The average molecular weight is 462 g/mol. The molecule has 0 heterocycles. The molecule has 0 spiro atoms. The normalized spacial score (nSPS) is 11.1. The van der Waals surface area contributed by atoms with E-state index in [9.17, 15) is 9.59 Å². The molecule has 0 N–H and O–H groups in total. The first-order valence-electron chi connectivity index (χ1n) is 8.04. The number of benzene rings is 1. The third kappa shape index (κ3) is 5.59. The minimum Gasteiger partial charge on any atom is -0.341 e. The molecule has 6 heteroatoms. The van der Waals surface area contributed by atoms with E-state index in [1.54, 1.807) is 36.0 Å². The van der Waals surface area contributed by atoms with Gasteiger partial charge in [0.05, 0.1) is 11.1 Å². The lowest BCUT2D eigenvalue weighted by molar-refractivity contribution is 0.0766. The van der Waals surface area contributed by atoms with Crippen LogP contribution < -0.4 is 0 Å². The second-order valence-corrected chi connectivity index (χ2v) is 8.68. The third-order valence-electron chi connectivity index (χ3n) is 3.49. The van der Waals surface area contributed by atoms with Crippen LogP contribution in [0, 0.1) is 11.8 Å². The van der Waals surface area contributed by atoms with Crippen LogP contribution in [-0.2, 0) is 0 Å². The quantitative estimate of drug-likeness (QED) is 0.617. The Balaban J connectivity index is 3.09. The van der Waals surface area contributed by atoms with Crippen LogP contribution in [0.4, 0.5) is 0 Å². The summed E-state index contributed by atoms with van der Waals surface area (Å²) < 4.78 is 1.26. The van der Waals surface area contributed by atoms with E-state index >= 15 is 0 Å². The molecule has 4 nitrogen and oxygen atoms in total. The Labute approximate surface area is 161 Å². The van der Waals surface area contributed by atoms with Crippen molar-refractivity contribution >= 4 is 43.7 Å². The highest BCUT2D eigenvalue weighted by molar-refractivity contribution is 9.11. The molecule has 1 aromatic carbocycles. The molecule has 0 fully saturated rings. The number of nitrogens with zero attached hydrogens (tertiary/aromatic N) is 2. The van der Waals surface area contributed by atoms with Crippen LogP contribution in [0.15, 0.2) is 21.1 Å². The average Bonchev–Trinajstić information content (AvgIpc) is 2.46. The number of hydrogen-bond donors (Lipinski definition) is 0. The topological polar surface area (TPSA) is 40.6 Å². The number of amides is 2. The number of carbonyl (C=O) groups excluding carboxylic acids is 2. The van der Waals surface area contributed by atoms with Gasteiger partial charge in [-0.1, -0.05) is 27.7 Å². The van der Waals surface area contributed by atoms with Crippen LogP contribution in [0.2, 0.25) is 0 Å². The summed E-state index contributed by atoms with van der Waals surface area (Å²) >= 11 is 6.89. The van der Waals surface area contributed by atoms with Crippen LogP contribution in [0.3, 0.4) is 0 Å². The van der Waals surface area contributed by atoms with Crippen LogP contribution in [-0.4, -0.2) is 48.8 Å². The van der Waals surface area contributed by atoms with Gasteiger partial charge in [-0.05, 0) is 55.8 Å². The molecule has 0 aromatic heterocycles. The predicted molar refractivity (Wildman–Crippen MR) is 105 cm³/mol. The summed E-state index contributed by atoms with van der Waals surface area (Å²) in [6.45, 7) is 9.64. The van der Waals surface area contributed by atoms with E-state index < -0.39 is 0 Å². The van der Waals surface area contributed by atoms with E-state index in [1.165, 1.54) is 0 Å². The van der Waals surface area contributed by atoms with Gasteiger partial charge in [-0.25, -0.2) is 0 Å². The van der Waals surface area contributed by atoms with Crippen LogP contribution in [0.25, 0.3) is 0 Å². The lowest BCUT2D eigenvalue weighted by atomic mass is 10.1. The van der Waals surface area contributed by atoms with Crippen molar-refractivity contribution in [3.63, 3.8) is 0 Å². The molecule has 134 valence electrons. The second kappa shape index (κ2) is 8.99. The van der Waals surface area contributed by atoms with Crippen molar-refractivity contribution in [1.82, 2.24) is 9.80 Å². The lowest BCUT2D eigenvalue weighted by Crippen LogP contribution is -2.32. The molecule has 0 aliphatic carbocycles. The second-order valence-electron chi connectivity index (χ2n) is 6.97. The maximum atomic E-state index is 12.6. The molecule has 0 atom stereocenters. The Morgan fingerprint density at radius 3 is 1.38 bits per heavy atom. The molecule has 1 aromatic rings. The number of carbonyl (C=O) groups is 2. The Kier molecular flexibility index (Phi) is 7.93. The highest BCUT2D eigenvalue weighted by Crippen LogP contribution is 2.28. The van der Waals surface area contributed by atoms with Crippen molar-refractivity contribution < 1.29 is 9.59 Å². The molecular weight excluding hydrogens is 436 g/mol. The fourth-order valence-electron chi connectivity index (χ4n) is 2.55. The first-order chi connectivity index (χ1) is 11.0. The monoisotopic (exact) mass is 460 g/mol. The van der Waals surface area contributed by atoms with Gasteiger partial charge in [-0.2, -0.15) is 0 Å². The van der Waals surface area contributed by atoms with E-state index in [0.717, 1.165) is 0 Å². The number of rotatable bonds is 6. The van der Waals surface area contributed by atoms with E-state index in [2.05, 4.69) is 59.6 Å². The summed E-state index contributed by atoms with van der Waals surface area (Å²) in [5, 5.41) is 0. The minimum absolute atomic E-state index is 0.0641. The fraction of sp³-hybridized carbons (Fsp3) is 0.556. The SMILES string of the molecule is CC(C)CN(C)C(=O)c1cc(Br)c(C(=O)N(C)CC(C)C)cc1Br. The van der Waals surface area contributed by atoms with Gasteiger partial charge >= 0.3 is 0 Å². The third-order valence-corrected chi connectivity index (χ3v) is 4.80. The van der Waals surface area contributed by atoms with E-state index in [1.807, 2.05) is 0 Å². The summed E-state index contributed by atoms with van der Waals surface area (Å²) in [7, 11) is 3.58. The van der Waals surface area contributed by atoms with Gasteiger partial charge in [0.2, 0.25) is 0 Å². The molecular formula is C18H26Br2N2O2. The summed E-state index contributed by atoms with van der Waals surface area (Å²) in [6, 6.07) is 3.44. The summed E-state index contributed by atoms with van der Waals surface area (Å²) in [5.41, 5.74) is 1.10. The highest BCUT2D eigenvalue weighted by Gasteiger charge is 2.22. The van der Waals surface area contributed by atoms with Gasteiger partial charge < -0.3 is 9.80 Å². The zero-order chi connectivity index (χ0) is 18.6. The number of halogens is 2. The smallest absolute Gasteiger partial charge is 0.254 e. The van der Waals surface area contributed by atoms with Crippen molar-refractivity contribution in [1.29, 1.82) is 0 Å². The van der Waals surface area contributed by atoms with Gasteiger partial charge in [0, 0.05) is 36.1 Å². The first-order valence-corrected chi connectivity index (χ1v) is 9.63. The Hall–Kier alpha value is -0.880. The van der Waals surface area contributed by atoms with Crippen LogP contribution >= 0.6 is 31.9 Å². The molecule has 0 aliphatic heterocycles. The lowest BCUT2D eigenvalue weighted by Gasteiger charge is -2.22. The van der Waals surface area contributed by atoms with Gasteiger partial charge in [-0.15, -0.1) is 0 Å². The molecule has 2 amide bonds. The summed E-state index contributed by atoms with van der Waals surface area (Å²) in [5.74, 6) is 0.662. The van der Waals surface area contributed by atoms with Gasteiger partial charge in [0.1, 0.15) is 0 Å².